The van der Waals surface area contributed by atoms with Crippen molar-refractivity contribution in [3.63, 3.8) is 0 Å². The first-order valence-electron chi connectivity index (χ1n) is 6.59. The van der Waals surface area contributed by atoms with E-state index in [1.165, 1.54) is 22.1 Å². The van der Waals surface area contributed by atoms with Gasteiger partial charge in [0.25, 0.3) is 5.82 Å². The molecule has 11 heteroatoms. The summed E-state index contributed by atoms with van der Waals surface area (Å²) in [6, 6.07) is 7.65. The number of hydrogen-bond acceptors (Lipinski definition) is 8. The molecule has 0 atom stereocenters. The quantitative estimate of drug-likeness (QED) is 0.395. The summed E-state index contributed by atoms with van der Waals surface area (Å²) in [5.74, 6) is 0.270. The third-order valence-electron chi connectivity index (χ3n) is 3.01. The standard InChI is InChI=1S/C13H10BrN7O2S/c1-20-10(21(22)23)7-15-11(20)12-17-19-13(24-12)18-16-6-8-2-4-9(14)5-3-8/h2-7H,1H3,(H,18,19)/b16-6+. The van der Waals surface area contributed by atoms with Gasteiger partial charge in [0, 0.05) is 4.47 Å². The lowest BCUT2D eigenvalue weighted by molar-refractivity contribution is -0.391. The van der Waals surface area contributed by atoms with Crippen molar-refractivity contribution in [2.45, 2.75) is 0 Å². The zero-order valence-corrected chi connectivity index (χ0v) is 14.7. The Balaban J connectivity index is 1.72. The summed E-state index contributed by atoms with van der Waals surface area (Å²) in [7, 11) is 1.56. The summed E-state index contributed by atoms with van der Waals surface area (Å²) in [5.41, 5.74) is 3.70. The topological polar surface area (TPSA) is 111 Å². The van der Waals surface area contributed by atoms with E-state index >= 15 is 0 Å². The highest BCUT2D eigenvalue weighted by molar-refractivity contribution is 9.10. The molecule has 0 aliphatic heterocycles. The van der Waals surface area contributed by atoms with Gasteiger partial charge in [-0.25, -0.2) is 9.55 Å². The van der Waals surface area contributed by atoms with Crippen LogP contribution in [-0.2, 0) is 7.05 Å². The second kappa shape index (κ2) is 6.84. The van der Waals surface area contributed by atoms with E-state index in [0.717, 1.165) is 10.0 Å². The first-order chi connectivity index (χ1) is 11.5. The minimum absolute atomic E-state index is 0.108. The normalized spacial score (nSPS) is 11.1. The molecule has 0 radical (unpaired) electrons. The van der Waals surface area contributed by atoms with Crippen molar-refractivity contribution < 1.29 is 4.92 Å². The Morgan fingerprint density at radius 2 is 2.12 bits per heavy atom. The molecule has 0 aliphatic rings. The van der Waals surface area contributed by atoms with Crippen molar-refractivity contribution >= 4 is 44.4 Å². The molecule has 2 heterocycles. The van der Waals surface area contributed by atoms with Gasteiger partial charge in [0.1, 0.15) is 6.20 Å². The van der Waals surface area contributed by atoms with Crippen molar-refractivity contribution in [1.29, 1.82) is 0 Å². The predicted molar refractivity (Wildman–Crippen MR) is 94.1 cm³/mol. The number of nitrogens with one attached hydrogen (secondary N) is 1. The van der Waals surface area contributed by atoms with E-state index in [1.54, 1.807) is 13.3 Å². The Bertz CT molecular complexity index is 903. The first kappa shape index (κ1) is 16.2. The SMILES string of the molecule is Cn1c([N+](=O)[O-])cnc1-c1nnc(N/N=C/c2ccc(Br)cc2)s1. The van der Waals surface area contributed by atoms with Gasteiger partial charge in [0.2, 0.25) is 10.1 Å². The van der Waals surface area contributed by atoms with Crippen molar-refractivity contribution in [2.75, 3.05) is 5.43 Å². The van der Waals surface area contributed by atoms with E-state index in [4.69, 9.17) is 0 Å². The zero-order valence-electron chi connectivity index (χ0n) is 12.3. The predicted octanol–water partition coefficient (Wildman–Crippen LogP) is 3.06. The molecule has 3 aromatic rings. The molecule has 1 aromatic carbocycles. The molecule has 24 heavy (non-hydrogen) atoms. The summed E-state index contributed by atoms with van der Waals surface area (Å²) in [6.45, 7) is 0. The molecule has 0 fully saturated rings. The van der Waals surface area contributed by atoms with E-state index in [9.17, 15) is 10.1 Å². The van der Waals surface area contributed by atoms with Crippen LogP contribution in [0, 0.1) is 10.1 Å². The Kier molecular flexibility index (Phi) is 4.62. The summed E-state index contributed by atoms with van der Waals surface area (Å²) < 4.78 is 2.35. The molecule has 1 N–H and O–H groups in total. The molecule has 0 aliphatic carbocycles. The summed E-state index contributed by atoms with van der Waals surface area (Å²) in [6.07, 6.45) is 2.84. The molecule has 0 amide bonds. The van der Waals surface area contributed by atoms with E-state index < -0.39 is 4.92 Å². The lowest BCUT2D eigenvalue weighted by Gasteiger charge is -1.95. The van der Waals surface area contributed by atoms with Crippen LogP contribution in [0.1, 0.15) is 5.56 Å². The molecule has 0 spiro atoms. The monoisotopic (exact) mass is 407 g/mol. The number of aromatic nitrogens is 4. The number of imidazole rings is 1. The minimum atomic E-state index is -0.501. The van der Waals surface area contributed by atoms with Crippen LogP contribution in [0.5, 0.6) is 0 Å². The summed E-state index contributed by atoms with van der Waals surface area (Å²) >= 11 is 4.57. The average Bonchev–Trinajstić information content (AvgIpc) is 3.15. The van der Waals surface area contributed by atoms with Gasteiger partial charge in [0.05, 0.1) is 13.3 Å². The minimum Gasteiger partial charge on any atom is -0.358 e. The third-order valence-corrected chi connectivity index (χ3v) is 4.36. The Hall–Kier alpha value is -2.66. The molecule has 0 unspecified atom stereocenters. The van der Waals surface area contributed by atoms with E-state index in [2.05, 4.69) is 41.6 Å². The molecule has 3 rings (SSSR count). The number of rotatable bonds is 5. The van der Waals surface area contributed by atoms with Gasteiger partial charge in [0.15, 0.2) is 0 Å². The number of hydrogen-bond donors (Lipinski definition) is 1. The number of nitrogens with zero attached hydrogens (tertiary/aromatic N) is 6. The number of benzene rings is 1. The number of halogens is 1. The zero-order chi connectivity index (χ0) is 17.1. The first-order valence-corrected chi connectivity index (χ1v) is 8.20. The van der Waals surface area contributed by atoms with Crippen LogP contribution in [0.4, 0.5) is 10.9 Å². The molecule has 9 nitrogen and oxygen atoms in total. The average molecular weight is 408 g/mol. The van der Waals surface area contributed by atoms with Gasteiger partial charge in [-0.05, 0) is 22.6 Å². The molecule has 2 aromatic heterocycles. The lowest BCUT2D eigenvalue weighted by atomic mass is 10.2. The number of hydrazone groups is 1. The molecule has 0 saturated heterocycles. The summed E-state index contributed by atoms with van der Waals surface area (Å²) in [5, 5.41) is 23.8. The van der Waals surface area contributed by atoms with Crippen LogP contribution >= 0.6 is 27.3 Å². The van der Waals surface area contributed by atoms with E-state index in [1.807, 2.05) is 24.3 Å². The van der Waals surface area contributed by atoms with Crippen molar-refractivity contribution in [2.24, 2.45) is 12.1 Å². The van der Waals surface area contributed by atoms with Gasteiger partial charge in [-0.3, -0.25) is 5.43 Å². The highest BCUT2D eigenvalue weighted by Gasteiger charge is 2.21. The molecular formula is C13H10BrN7O2S. The van der Waals surface area contributed by atoms with Gasteiger partial charge < -0.3 is 10.1 Å². The molecule has 122 valence electrons. The van der Waals surface area contributed by atoms with Crippen LogP contribution in [0.15, 0.2) is 40.0 Å². The van der Waals surface area contributed by atoms with Crippen molar-refractivity contribution in [3.8, 4) is 10.8 Å². The highest BCUT2D eigenvalue weighted by atomic mass is 79.9. The van der Waals surface area contributed by atoms with E-state index in [0.29, 0.717) is 16.0 Å². The maximum atomic E-state index is 10.8. The van der Waals surface area contributed by atoms with Gasteiger partial charge in [-0.15, -0.1) is 10.2 Å². The molecule has 0 saturated carbocycles. The fraction of sp³-hybridized carbons (Fsp3) is 0.0769. The van der Waals surface area contributed by atoms with Crippen LogP contribution in [0.25, 0.3) is 10.8 Å². The van der Waals surface area contributed by atoms with Crippen molar-refractivity contribution in [3.05, 3.63) is 50.6 Å². The number of nitro groups is 1. The van der Waals surface area contributed by atoms with Crippen molar-refractivity contribution in [1.82, 2.24) is 19.7 Å². The van der Waals surface area contributed by atoms with Crippen LogP contribution < -0.4 is 5.43 Å². The lowest BCUT2D eigenvalue weighted by Crippen LogP contribution is -1.98. The van der Waals surface area contributed by atoms with Gasteiger partial charge >= 0.3 is 5.82 Å². The van der Waals surface area contributed by atoms with Gasteiger partial charge in [-0.2, -0.15) is 5.10 Å². The molecular weight excluding hydrogens is 398 g/mol. The highest BCUT2D eigenvalue weighted by Crippen LogP contribution is 2.27. The Morgan fingerprint density at radius 1 is 1.38 bits per heavy atom. The van der Waals surface area contributed by atoms with Crippen LogP contribution in [0.3, 0.4) is 0 Å². The largest absolute Gasteiger partial charge is 0.358 e. The van der Waals surface area contributed by atoms with E-state index in [-0.39, 0.29) is 5.82 Å². The summed E-state index contributed by atoms with van der Waals surface area (Å²) in [4.78, 5) is 14.4. The second-order valence-electron chi connectivity index (χ2n) is 4.59. The molecule has 0 bridgehead atoms. The Morgan fingerprint density at radius 3 is 2.79 bits per heavy atom. The maximum absolute atomic E-state index is 10.8. The number of anilines is 1. The van der Waals surface area contributed by atoms with Gasteiger partial charge in [-0.1, -0.05) is 39.4 Å². The Labute approximate surface area is 148 Å². The van der Waals surface area contributed by atoms with Crippen LogP contribution in [-0.4, -0.2) is 30.9 Å². The third kappa shape index (κ3) is 3.46. The van der Waals surface area contributed by atoms with Crippen LogP contribution in [0.2, 0.25) is 0 Å². The fourth-order valence-electron chi connectivity index (χ4n) is 1.84. The second-order valence-corrected chi connectivity index (χ2v) is 6.48. The maximum Gasteiger partial charge on any atom is 0.342 e. The fourth-order valence-corrected chi connectivity index (χ4v) is 2.83. The smallest absolute Gasteiger partial charge is 0.342 e.